The molecule has 4 aromatic rings. The van der Waals surface area contributed by atoms with Gasteiger partial charge in [0.15, 0.2) is 7.61 Å². The second-order valence-electron chi connectivity index (χ2n) is 5.98. The smallest absolute Gasteiger partial charge is 0.208 e. The Bertz CT molecular complexity index is 827. The molecular formula is C21H21N2P2+. The van der Waals surface area contributed by atoms with Crippen LogP contribution in [0.2, 0.25) is 0 Å². The molecule has 2 aromatic heterocycles. The van der Waals surface area contributed by atoms with Gasteiger partial charge in [-0.25, -0.2) is 8.68 Å². The maximum absolute atomic E-state index is 2.44. The fourth-order valence-electron chi connectivity index (χ4n) is 3.21. The van der Waals surface area contributed by atoms with Crippen molar-refractivity contribution in [1.82, 2.24) is 8.68 Å². The van der Waals surface area contributed by atoms with Crippen LogP contribution in [0.3, 0.4) is 0 Å². The van der Waals surface area contributed by atoms with E-state index in [0.29, 0.717) is 0 Å². The number of rotatable bonds is 5. The zero-order valence-electron chi connectivity index (χ0n) is 14.2. The molecular weight excluding hydrogens is 342 g/mol. The molecule has 2 heterocycles. The molecule has 4 heteroatoms. The van der Waals surface area contributed by atoms with Gasteiger partial charge >= 0.3 is 0 Å². The predicted octanol–water partition coefficient (Wildman–Crippen LogP) is 5.21. The Labute approximate surface area is 150 Å². The molecule has 4 rings (SSSR count). The summed E-state index contributed by atoms with van der Waals surface area (Å²) in [5.74, 6) is 0. The molecule has 2 nitrogen and oxygen atoms in total. The lowest BCUT2D eigenvalue weighted by molar-refractivity contribution is 1.13. The van der Waals surface area contributed by atoms with Crippen molar-refractivity contribution in [2.24, 2.45) is 0 Å². The zero-order chi connectivity index (χ0) is 17.1. The van der Waals surface area contributed by atoms with Gasteiger partial charge in [0, 0.05) is 35.4 Å². The third kappa shape index (κ3) is 2.97. The Morgan fingerprint density at radius 1 is 0.560 bits per heavy atom. The first-order chi connectivity index (χ1) is 12.3. The van der Waals surface area contributed by atoms with Crippen molar-refractivity contribution in [3.8, 4) is 0 Å². The number of hydrogen-bond acceptors (Lipinski definition) is 0. The van der Waals surface area contributed by atoms with Crippen LogP contribution in [0, 0.1) is 0 Å². The van der Waals surface area contributed by atoms with E-state index in [1.165, 1.54) is 10.6 Å². The third-order valence-electron chi connectivity index (χ3n) is 4.43. The number of aromatic nitrogens is 2. The molecule has 124 valence electrons. The second-order valence-corrected chi connectivity index (χ2v) is 13.8. The van der Waals surface area contributed by atoms with Gasteiger partial charge in [-0.15, -0.1) is 0 Å². The van der Waals surface area contributed by atoms with Crippen molar-refractivity contribution in [1.29, 1.82) is 0 Å². The molecule has 0 radical (unpaired) electrons. The van der Waals surface area contributed by atoms with E-state index in [1.807, 2.05) is 0 Å². The molecule has 0 atom stereocenters. The van der Waals surface area contributed by atoms with Crippen molar-refractivity contribution in [2.75, 3.05) is 6.66 Å². The fraction of sp³-hybridized carbons (Fsp3) is 0.0476. The molecule has 0 N–H and O–H groups in total. The summed E-state index contributed by atoms with van der Waals surface area (Å²) < 4.78 is 4.89. The SMILES string of the molecule is C[P+](n1cccc1)(n1cccc1)P(c1ccccc1)c1ccccc1. The van der Waals surface area contributed by atoms with Gasteiger partial charge in [0.25, 0.3) is 0 Å². The summed E-state index contributed by atoms with van der Waals surface area (Å²) in [7, 11) is -2.29. The standard InChI is InChI=1S/C21H21N2P2/c1-25(22-16-8-9-17-22,23-18-10-11-19-23)24(20-12-4-2-5-13-20)21-14-6-3-7-15-21/h2-19H,1H3/q+1. The van der Waals surface area contributed by atoms with Gasteiger partial charge in [-0.2, -0.15) is 0 Å². The highest BCUT2D eigenvalue weighted by Gasteiger charge is 2.48. The van der Waals surface area contributed by atoms with Crippen molar-refractivity contribution in [2.45, 2.75) is 0 Å². The topological polar surface area (TPSA) is 9.86 Å². The predicted molar refractivity (Wildman–Crippen MR) is 112 cm³/mol. The van der Waals surface area contributed by atoms with Gasteiger partial charge in [-0.05, 0) is 24.3 Å². The van der Waals surface area contributed by atoms with Crippen LogP contribution in [0.5, 0.6) is 0 Å². The lowest BCUT2D eigenvalue weighted by Gasteiger charge is -2.32. The minimum absolute atomic E-state index is 0.560. The van der Waals surface area contributed by atoms with E-state index >= 15 is 0 Å². The largest absolute Gasteiger partial charge is 0.227 e. The maximum Gasteiger partial charge on any atom is 0.227 e. The monoisotopic (exact) mass is 363 g/mol. The van der Waals surface area contributed by atoms with Gasteiger partial charge in [0.1, 0.15) is 0 Å². The van der Waals surface area contributed by atoms with E-state index < -0.39 is 14.9 Å². The highest BCUT2D eigenvalue weighted by molar-refractivity contribution is 8.42. The molecule has 0 saturated heterocycles. The minimum Gasteiger partial charge on any atom is -0.208 e. The third-order valence-corrected chi connectivity index (χ3v) is 13.9. The van der Waals surface area contributed by atoms with Crippen LogP contribution in [0.15, 0.2) is 110 Å². The highest BCUT2D eigenvalue weighted by Crippen LogP contribution is 2.81. The molecule has 0 aliphatic rings. The molecule has 2 aromatic carbocycles. The van der Waals surface area contributed by atoms with Crippen LogP contribution in [-0.4, -0.2) is 15.3 Å². The first-order valence-electron chi connectivity index (χ1n) is 8.35. The molecule has 0 bridgehead atoms. The zero-order valence-corrected chi connectivity index (χ0v) is 16.0. The van der Waals surface area contributed by atoms with E-state index in [2.05, 4.69) is 125 Å². The Balaban J connectivity index is 1.98. The molecule has 0 saturated carbocycles. The van der Waals surface area contributed by atoms with Crippen molar-refractivity contribution < 1.29 is 0 Å². The number of hydrogen-bond donors (Lipinski definition) is 0. The molecule has 0 spiro atoms. The van der Waals surface area contributed by atoms with Crippen molar-refractivity contribution in [3.05, 3.63) is 110 Å². The van der Waals surface area contributed by atoms with E-state index in [-0.39, 0.29) is 0 Å². The Hall–Kier alpha value is -2.14. The van der Waals surface area contributed by atoms with Crippen molar-refractivity contribution >= 4 is 25.5 Å². The molecule has 0 unspecified atom stereocenters. The lowest BCUT2D eigenvalue weighted by atomic mass is 10.4. The van der Waals surface area contributed by atoms with Crippen LogP contribution in [0.1, 0.15) is 0 Å². The summed E-state index contributed by atoms with van der Waals surface area (Å²) in [6.07, 6.45) is 8.87. The number of nitrogens with zero attached hydrogens (tertiary/aromatic N) is 2. The molecule has 0 aliphatic carbocycles. The van der Waals surface area contributed by atoms with E-state index in [9.17, 15) is 0 Å². The average molecular weight is 363 g/mol. The molecule has 25 heavy (non-hydrogen) atoms. The second kappa shape index (κ2) is 7.00. The summed E-state index contributed by atoms with van der Waals surface area (Å²) in [5.41, 5.74) is 0. The fourth-order valence-corrected chi connectivity index (χ4v) is 12.6. The van der Waals surface area contributed by atoms with Gasteiger partial charge < -0.3 is 0 Å². The van der Waals surface area contributed by atoms with Crippen LogP contribution in [-0.2, 0) is 0 Å². The van der Waals surface area contributed by atoms with E-state index in [0.717, 1.165) is 0 Å². The maximum atomic E-state index is 2.44. The summed E-state index contributed by atoms with van der Waals surface area (Å²) in [6, 6.07) is 30.5. The summed E-state index contributed by atoms with van der Waals surface area (Å²) in [4.78, 5) is 0. The van der Waals surface area contributed by atoms with Crippen LogP contribution in [0.4, 0.5) is 0 Å². The Kier molecular flexibility index (Phi) is 4.57. The Morgan fingerprint density at radius 3 is 1.28 bits per heavy atom. The normalized spacial score (nSPS) is 11.8. The van der Waals surface area contributed by atoms with E-state index in [1.54, 1.807) is 0 Å². The highest BCUT2D eigenvalue weighted by atomic mass is 32.1. The van der Waals surface area contributed by atoms with Crippen LogP contribution >= 0.6 is 14.9 Å². The quantitative estimate of drug-likeness (QED) is 0.431. The molecule has 0 amide bonds. The average Bonchev–Trinajstić information content (AvgIpc) is 3.38. The summed E-state index contributed by atoms with van der Waals surface area (Å²) >= 11 is 0. The van der Waals surface area contributed by atoms with Crippen molar-refractivity contribution in [3.63, 3.8) is 0 Å². The number of benzene rings is 2. The Morgan fingerprint density at radius 2 is 0.920 bits per heavy atom. The minimum atomic E-state index is -1.73. The first-order valence-corrected chi connectivity index (χ1v) is 12.5. The van der Waals surface area contributed by atoms with Gasteiger partial charge in [-0.3, -0.25) is 0 Å². The first kappa shape index (κ1) is 16.3. The van der Waals surface area contributed by atoms with Crippen LogP contribution in [0.25, 0.3) is 0 Å². The molecule has 0 aliphatic heterocycles. The van der Waals surface area contributed by atoms with Gasteiger partial charge in [0.05, 0.1) is 6.66 Å². The summed E-state index contributed by atoms with van der Waals surface area (Å²) in [5, 5.41) is 2.84. The lowest BCUT2D eigenvalue weighted by Crippen LogP contribution is -2.20. The van der Waals surface area contributed by atoms with Gasteiger partial charge in [-0.1, -0.05) is 60.7 Å². The van der Waals surface area contributed by atoms with Crippen LogP contribution < -0.4 is 10.6 Å². The van der Waals surface area contributed by atoms with E-state index in [4.69, 9.17) is 0 Å². The molecule has 0 fully saturated rings. The summed E-state index contributed by atoms with van der Waals surface area (Å²) in [6.45, 7) is 2.44. The van der Waals surface area contributed by atoms with Gasteiger partial charge in [0.2, 0.25) is 7.25 Å².